The summed E-state index contributed by atoms with van der Waals surface area (Å²) >= 11 is 4.73. The second-order valence-electron chi connectivity index (χ2n) is 15.0. The molecule has 2 aromatic rings. The second kappa shape index (κ2) is 29.9. The number of benzene rings is 2. The molecule has 32 heteroatoms. The van der Waals surface area contributed by atoms with Gasteiger partial charge < -0.3 is 92.4 Å². The maximum absolute atomic E-state index is 12.9. The van der Waals surface area contributed by atoms with Gasteiger partial charge in [-0.05, 0) is 41.6 Å². The largest absolute Gasteiger partial charge is 0.548 e. The third kappa shape index (κ3) is 20.3. The Bertz CT molecular complexity index is 2380. The normalized spacial score (nSPS) is 15.3. The van der Waals surface area contributed by atoms with Crippen LogP contribution in [-0.4, -0.2) is 159 Å². The first-order valence-corrected chi connectivity index (χ1v) is 22.6. The number of amides is 8. The average molecular weight is 1050 g/mol. The monoisotopic (exact) mass is 1050 g/mol. The molecule has 2 aliphatic heterocycles. The molecule has 0 saturated carbocycles. The van der Waals surface area contributed by atoms with Crippen LogP contribution in [0.4, 0.5) is 11.4 Å². The molecule has 5 unspecified atom stereocenters. The zero-order valence-corrected chi connectivity index (χ0v) is 39.2. The number of quaternary nitrogens is 1. The Morgan fingerprint density at radius 3 is 1.62 bits per heavy atom. The SMILES string of the molecule is NC(CCC(=O)NC(CS)C(=O)NCC(=O)[O-])C(=O)[O-].O=C1C=CC(=O)N1c1cccc(B(O)O)c1.[NH3+]C(CCC(=O)NC(CSC1CC(=O)N(c2cccc(B(O)O)c2)C1=O)C(=O)NCC(=O)[O-])C(=O)[O-]. The smallest absolute Gasteiger partial charge is 0.488 e. The Morgan fingerprint density at radius 1 is 0.722 bits per heavy atom. The zero-order valence-electron chi connectivity index (χ0n) is 37.5. The summed E-state index contributed by atoms with van der Waals surface area (Å²) in [7, 11) is -3.43. The summed E-state index contributed by atoms with van der Waals surface area (Å²) in [6.07, 6.45) is 1.28. The van der Waals surface area contributed by atoms with Gasteiger partial charge in [-0.3, -0.25) is 38.4 Å². The molecule has 0 aliphatic carbocycles. The molecule has 388 valence electrons. The fourth-order valence-corrected chi connectivity index (χ4v) is 7.25. The van der Waals surface area contributed by atoms with Gasteiger partial charge in [-0.1, -0.05) is 24.3 Å². The number of anilines is 2. The number of hydrogen-bond donors (Lipinski definition) is 11. The lowest BCUT2D eigenvalue weighted by Crippen LogP contribution is -2.68. The van der Waals surface area contributed by atoms with E-state index >= 15 is 0 Å². The number of rotatable bonds is 24. The van der Waals surface area contributed by atoms with Gasteiger partial charge in [0.15, 0.2) is 0 Å². The molecule has 1 fully saturated rings. The Labute approximate surface area is 418 Å². The zero-order chi connectivity index (χ0) is 54.4. The van der Waals surface area contributed by atoms with Gasteiger partial charge in [-0.2, -0.15) is 12.6 Å². The first kappa shape index (κ1) is 60.9. The lowest BCUT2D eigenvalue weighted by Gasteiger charge is -2.20. The summed E-state index contributed by atoms with van der Waals surface area (Å²) < 4.78 is 0. The summed E-state index contributed by atoms with van der Waals surface area (Å²) in [6, 6.07) is 6.74. The van der Waals surface area contributed by atoms with Crippen LogP contribution in [0.3, 0.4) is 0 Å². The summed E-state index contributed by atoms with van der Waals surface area (Å²) in [4.78, 5) is 139. The molecule has 4 rings (SSSR count). The van der Waals surface area contributed by atoms with Gasteiger partial charge in [-0.25, -0.2) is 9.80 Å². The highest BCUT2D eigenvalue weighted by Crippen LogP contribution is 2.30. The van der Waals surface area contributed by atoms with Crippen molar-refractivity contribution < 1.29 is 104 Å². The summed E-state index contributed by atoms with van der Waals surface area (Å²) in [5.74, 6) is -11.2. The van der Waals surface area contributed by atoms with Gasteiger partial charge in [0, 0.05) is 55.4 Å². The van der Waals surface area contributed by atoms with E-state index in [0.717, 1.165) is 21.6 Å². The third-order valence-electron chi connectivity index (χ3n) is 9.57. The first-order chi connectivity index (χ1) is 33.8. The minimum absolute atomic E-state index is 0.0584. The molecule has 2 aliphatic rings. The molecule has 28 nitrogen and oxygen atoms in total. The number of carbonyl (C=O) groups is 12. The van der Waals surface area contributed by atoms with Crippen molar-refractivity contribution in [2.45, 2.75) is 61.5 Å². The van der Waals surface area contributed by atoms with Gasteiger partial charge in [0.1, 0.15) is 18.1 Å². The fraction of sp³-hybridized carbons (Fsp3) is 0.350. The number of carbonyl (C=O) groups excluding carboxylic acids is 12. The molecule has 5 atom stereocenters. The van der Waals surface area contributed by atoms with E-state index in [2.05, 4.69) is 34.3 Å². The number of imide groups is 2. The Morgan fingerprint density at radius 2 is 1.18 bits per heavy atom. The van der Waals surface area contributed by atoms with E-state index < -0.39 is 128 Å². The Balaban J connectivity index is 0.000000413. The van der Waals surface area contributed by atoms with Crippen molar-refractivity contribution in [3.05, 3.63) is 60.7 Å². The van der Waals surface area contributed by atoms with E-state index in [9.17, 15) is 88.0 Å². The van der Waals surface area contributed by atoms with Gasteiger partial charge in [-0.15, -0.1) is 11.8 Å². The highest BCUT2D eigenvalue weighted by molar-refractivity contribution is 8.00. The number of carboxylic acids is 4. The number of thiol groups is 1. The molecule has 72 heavy (non-hydrogen) atoms. The van der Waals surface area contributed by atoms with E-state index in [-0.39, 0.29) is 60.2 Å². The molecule has 0 aromatic heterocycles. The fourth-order valence-electron chi connectivity index (χ4n) is 5.82. The standard InChI is InChI=1S/C20H25BN4O10S.C10H8BNO4.C10H17N3O6S/c22-12(20(32)33)4-5-15(26)24-13(18(30)23-8-17(28)29)9-36-14-7-16(27)25(19(14)31)11-3-1-2-10(6-11)21(34)35;13-9-4-5-10(14)12(9)8-3-1-2-7(6-8)11(15)16;11-5(10(18)19)1-2-7(14)13-6(4-20)9(17)12-3-8(15)16/h1-3,6,12-14,34-35H,4-5,7-9,22H2,(H,23,30)(H,24,26)(H,28,29)(H,32,33);1-6,15-16H;5-6,20H,1-4,11H2,(H,12,17)(H,13,14)(H,15,16)(H,18,19)/p-3. The summed E-state index contributed by atoms with van der Waals surface area (Å²) in [5.41, 5.74) is 9.24. The van der Waals surface area contributed by atoms with Crippen LogP contribution in [0.5, 0.6) is 0 Å². The van der Waals surface area contributed by atoms with Gasteiger partial charge >= 0.3 is 14.2 Å². The number of carboxylic acid groups (broad SMARTS) is 4. The number of hydrogen-bond acceptors (Lipinski definition) is 23. The third-order valence-corrected chi connectivity index (χ3v) is 11.2. The van der Waals surface area contributed by atoms with Gasteiger partial charge in [0.05, 0.1) is 53.6 Å². The van der Waals surface area contributed by atoms with Crippen molar-refractivity contribution in [2.24, 2.45) is 5.73 Å². The van der Waals surface area contributed by atoms with Crippen LogP contribution in [0.1, 0.15) is 32.1 Å². The van der Waals surface area contributed by atoms with Crippen LogP contribution >= 0.6 is 24.4 Å². The molecular weight excluding hydrogens is 998 g/mol. The van der Waals surface area contributed by atoms with E-state index in [1.165, 1.54) is 48.6 Å². The summed E-state index contributed by atoms with van der Waals surface area (Å²) in [6.45, 7) is -1.52. The predicted molar refractivity (Wildman–Crippen MR) is 244 cm³/mol. The minimum Gasteiger partial charge on any atom is -0.548 e. The first-order valence-electron chi connectivity index (χ1n) is 20.9. The van der Waals surface area contributed by atoms with Gasteiger partial charge in [0.25, 0.3) is 11.8 Å². The predicted octanol–water partition coefficient (Wildman–Crippen LogP) is -12.9. The maximum atomic E-state index is 12.9. The van der Waals surface area contributed by atoms with Crippen LogP contribution in [0.25, 0.3) is 0 Å². The Kier molecular flexibility index (Phi) is 25.3. The molecule has 0 spiro atoms. The summed E-state index contributed by atoms with van der Waals surface area (Å²) in [5, 5.41) is 86.3. The quantitative estimate of drug-likeness (QED) is 0.0264. The molecule has 0 radical (unpaired) electrons. The number of aliphatic carboxylic acids is 4. The number of nitrogens with two attached hydrogens (primary N) is 1. The van der Waals surface area contributed by atoms with Crippen molar-refractivity contribution in [1.29, 1.82) is 0 Å². The lowest BCUT2D eigenvalue weighted by molar-refractivity contribution is -0.438. The van der Waals surface area contributed by atoms with Crippen LogP contribution in [-0.2, 0) is 57.5 Å². The molecule has 2 heterocycles. The Hall–Kier alpha value is -7.19. The van der Waals surface area contributed by atoms with Crippen molar-refractivity contribution in [1.82, 2.24) is 21.3 Å². The van der Waals surface area contributed by atoms with Crippen LogP contribution in [0, 0.1) is 0 Å². The van der Waals surface area contributed by atoms with E-state index in [4.69, 9.17) is 15.8 Å². The van der Waals surface area contributed by atoms with Crippen molar-refractivity contribution in [2.75, 3.05) is 34.4 Å². The molecule has 13 N–H and O–H groups in total. The molecule has 2 aromatic carbocycles. The average Bonchev–Trinajstić information content (AvgIpc) is 3.82. The van der Waals surface area contributed by atoms with Crippen LogP contribution < -0.4 is 73.9 Å². The lowest BCUT2D eigenvalue weighted by atomic mass is 9.80. The van der Waals surface area contributed by atoms with Gasteiger partial charge in [0.2, 0.25) is 35.4 Å². The maximum Gasteiger partial charge on any atom is 0.488 e. The van der Waals surface area contributed by atoms with E-state index in [1.807, 2.05) is 5.32 Å². The second-order valence-corrected chi connectivity index (χ2v) is 16.6. The van der Waals surface area contributed by atoms with Crippen molar-refractivity contribution in [3.63, 3.8) is 0 Å². The van der Waals surface area contributed by atoms with Crippen LogP contribution in [0.15, 0.2) is 60.7 Å². The molecule has 1 saturated heterocycles. The molecular formula is C40H47B2N8O20S2-3. The van der Waals surface area contributed by atoms with E-state index in [0.29, 0.717) is 5.69 Å². The number of thioether (sulfide) groups is 1. The van der Waals surface area contributed by atoms with Crippen LogP contribution in [0.2, 0.25) is 0 Å². The van der Waals surface area contributed by atoms with Crippen molar-refractivity contribution >= 4 is 132 Å². The number of nitrogens with zero attached hydrogens (tertiary/aromatic N) is 2. The van der Waals surface area contributed by atoms with Crippen molar-refractivity contribution in [3.8, 4) is 0 Å². The molecule has 8 amide bonds. The highest BCUT2D eigenvalue weighted by atomic mass is 32.2. The molecule has 0 bridgehead atoms. The topological polar surface area (TPSA) is 486 Å². The minimum atomic E-state index is -1.81. The van der Waals surface area contributed by atoms with E-state index in [1.54, 1.807) is 12.1 Å². The number of nitrogens with one attached hydrogen (secondary N) is 4. The highest BCUT2D eigenvalue weighted by Gasteiger charge is 2.41.